The van der Waals surface area contributed by atoms with Gasteiger partial charge in [0, 0.05) is 18.0 Å². The minimum Gasteiger partial charge on any atom is -0.495 e. The number of aldehydes is 1. The van der Waals surface area contributed by atoms with Crippen LogP contribution in [0.3, 0.4) is 0 Å². The van der Waals surface area contributed by atoms with Crippen LogP contribution in [-0.4, -0.2) is 25.3 Å². The Hall–Kier alpha value is -1.84. The molecule has 0 N–H and O–H groups in total. The molecule has 4 nitrogen and oxygen atoms in total. The number of benzene rings is 1. The summed E-state index contributed by atoms with van der Waals surface area (Å²) in [5, 5.41) is 0. The zero-order valence-electron chi connectivity index (χ0n) is 12.6. The molecule has 1 amide bonds. The van der Waals surface area contributed by atoms with E-state index in [9.17, 15) is 9.59 Å². The van der Waals surface area contributed by atoms with Crippen molar-refractivity contribution >= 4 is 17.9 Å². The van der Waals surface area contributed by atoms with E-state index < -0.39 is 0 Å². The molecule has 2 atom stereocenters. The van der Waals surface area contributed by atoms with E-state index >= 15 is 0 Å². The standard InChI is InChI=1S/C17H21NO3/c1-11-3-5-13(9-11)18-16(20)8-6-14-12(10-19)4-7-15(21-2)17(14)18/h4,7,10-11,13H,3,5-6,8-9H2,1-2H3. The van der Waals surface area contributed by atoms with Crippen LogP contribution in [0.2, 0.25) is 0 Å². The van der Waals surface area contributed by atoms with Crippen molar-refractivity contribution < 1.29 is 14.3 Å². The quantitative estimate of drug-likeness (QED) is 0.803. The summed E-state index contributed by atoms with van der Waals surface area (Å²) in [6.45, 7) is 2.23. The number of amides is 1. The zero-order chi connectivity index (χ0) is 15.0. The third kappa shape index (κ3) is 2.33. The van der Waals surface area contributed by atoms with Gasteiger partial charge in [0.05, 0.1) is 12.8 Å². The van der Waals surface area contributed by atoms with Crippen LogP contribution in [0.15, 0.2) is 12.1 Å². The maximum Gasteiger partial charge on any atom is 0.227 e. The molecular formula is C17H21NO3. The highest BCUT2D eigenvalue weighted by molar-refractivity contribution is 6.00. The minimum absolute atomic E-state index is 0.156. The van der Waals surface area contributed by atoms with Crippen molar-refractivity contribution in [3.63, 3.8) is 0 Å². The maximum absolute atomic E-state index is 12.5. The molecule has 0 radical (unpaired) electrons. The Bertz CT molecular complexity index is 582. The first-order valence-corrected chi connectivity index (χ1v) is 7.62. The van der Waals surface area contributed by atoms with Gasteiger partial charge in [0.15, 0.2) is 0 Å². The van der Waals surface area contributed by atoms with Crippen molar-refractivity contribution in [2.45, 2.75) is 45.1 Å². The first-order chi connectivity index (χ1) is 10.2. The van der Waals surface area contributed by atoms with Gasteiger partial charge < -0.3 is 9.64 Å². The Morgan fingerprint density at radius 2 is 2.10 bits per heavy atom. The maximum atomic E-state index is 12.5. The number of fused-ring (bicyclic) bond motifs is 1. The summed E-state index contributed by atoms with van der Waals surface area (Å²) in [7, 11) is 1.62. The van der Waals surface area contributed by atoms with Gasteiger partial charge in [-0.05, 0) is 49.3 Å². The van der Waals surface area contributed by atoms with E-state index in [1.54, 1.807) is 19.2 Å². The third-order valence-corrected chi connectivity index (χ3v) is 4.76. The summed E-state index contributed by atoms with van der Waals surface area (Å²) in [5.41, 5.74) is 2.47. The number of nitrogens with zero attached hydrogens (tertiary/aromatic N) is 1. The Balaban J connectivity index is 2.11. The normalized spacial score (nSPS) is 24.9. The SMILES string of the molecule is COc1ccc(C=O)c2c1N(C1CCC(C)C1)C(=O)CC2. The zero-order valence-corrected chi connectivity index (χ0v) is 12.6. The van der Waals surface area contributed by atoms with Gasteiger partial charge in [-0.15, -0.1) is 0 Å². The van der Waals surface area contributed by atoms with Gasteiger partial charge in [-0.3, -0.25) is 9.59 Å². The Kier molecular flexibility index (Phi) is 3.70. The molecule has 2 unspecified atom stereocenters. The molecule has 1 aliphatic heterocycles. The Labute approximate surface area is 125 Å². The molecule has 112 valence electrons. The van der Waals surface area contributed by atoms with Gasteiger partial charge in [0.1, 0.15) is 12.0 Å². The number of carbonyl (C=O) groups excluding carboxylic acids is 2. The lowest BCUT2D eigenvalue weighted by Crippen LogP contribution is -2.42. The summed E-state index contributed by atoms with van der Waals surface area (Å²) >= 11 is 0. The van der Waals surface area contributed by atoms with Crippen molar-refractivity contribution in [1.29, 1.82) is 0 Å². The number of hydrogen-bond acceptors (Lipinski definition) is 3. The summed E-state index contributed by atoms with van der Waals surface area (Å²) in [5.74, 6) is 1.50. The molecule has 0 saturated heterocycles. The van der Waals surface area contributed by atoms with Crippen LogP contribution in [0.5, 0.6) is 5.75 Å². The van der Waals surface area contributed by atoms with Gasteiger partial charge in [0.2, 0.25) is 5.91 Å². The fourth-order valence-corrected chi connectivity index (χ4v) is 3.71. The predicted molar refractivity (Wildman–Crippen MR) is 81.0 cm³/mol. The van der Waals surface area contributed by atoms with Gasteiger partial charge in [-0.2, -0.15) is 0 Å². The van der Waals surface area contributed by atoms with Crippen LogP contribution in [-0.2, 0) is 11.2 Å². The number of anilines is 1. The fourth-order valence-electron chi connectivity index (χ4n) is 3.71. The van der Waals surface area contributed by atoms with Crippen LogP contribution in [0.25, 0.3) is 0 Å². The molecule has 0 spiro atoms. The molecule has 0 aromatic heterocycles. The molecule has 1 heterocycles. The molecule has 0 bridgehead atoms. The summed E-state index contributed by atoms with van der Waals surface area (Å²) in [6, 6.07) is 3.82. The van der Waals surface area contributed by atoms with Crippen molar-refractivity contribution in [1.82, 2.24) is 0 Å². The van der Waals surface area contributed by atoms with Crippen LogP contribution in [0, 0.1) is 5.92 Å². The van der Waals surface area contributed by atoms with E-state index in [2.05, 4.69) is 6.92 Å². The monoisotopic (exact) mass is 287 g/mol. The number of methoxy groups -OCH3 is 1. The second kappa shape index (κ2) is 5.51. The molecule has 1 aliphatic carbocycles. The highest BCUT2D eigenvalue weighted by atomic mass is 16.5. The van der Waals surface area contributed by atoms with Crippen molar-refractivity contribution in [2.24, 2.45) is 5.92 Å². The minimum atomic E-state index is 0.156. The molecule has 1 fully saturated rings. The molecule has 21 heavy (non-hydrogen) atoms. The number of carbonyl (C=O) groups is 2. The molecule has 2 aliphatic rings. The largest absolute Gasteiger partial charge is 0.495 e. The van der Waals surface area contributed by atoms with Crippen LogP contribution >= 0.6 is 0 Å². The van der Waals surface area contributed by atoms with Crippen LogP contribution < -0.4 is 9.64 Å². The first-order valence-electron chi connectivity index (χ1n) is 7.62. The molecule has 4 heteroatoms. The van der Waals surface area contributed by atoms with E-state index in [-0.39, 0.29) is 11.9 Å². The fraction of sp³-hybridized carbons (Fsp3) is 0.529. The highest BCUT2D eigenvalue weighted by Crippen LogP contribution is 2.42. The molecule has 1 aromatic carbocycles. The van der Waals surface area contributed by atoms with E-state index in [0.29, 0.717) is 30.1 Å². The number of ether oxygens (including phenoxy) is 1. The first kappa shape index (κ1) is 14.1. The third-order valence-electron chi connectivity index (χ3n) is 4.76. The number of hydrogen-bond donors (Lipinski definition) is 0. The van der Waals surface area contributed by atoms with E-state index in [1.807, 2.05) is 4.90 Å². The van der Waals surface area contributed by atoms with E-state index in [1.165, 1.54) is 0 Å². The summed E-state index contributed by atoms with van der Waals surface area (Å²) in [6.07, 6.45) is 5.19. The lowest BCUT2D eigenvalue weighted by molar-refractivity contribution is -0.119. The number of rotatable bonds is 3. The highest BCUT2D eigenvalue weighted by Gasteiger charge is 2.36. The van der Waals surface area contributed by atoms with E-state index in [0.717, 1.165) is 36.8 Å². The lowest BCUT2D eigenvalue weighted by Gasteiger charge is -2.36. The van der Waals surface area contributed by atoms with Crippen molar-refractivity contribution in [3.8, 4) is 5.75 Å². The summed E-state index contributed by atoms with van der Waals surface area (Å²) in [4.78, 5) is 25.7. The second-order valence-electron chi connectivity index (χ2n) is 6.14. The second-order valence-corrected chi connectivity index (χ2v) is 6.14. The average molecular weight is 287 g/mol. The molecule has 1 saturated carbocycles. The average Bonchev–Trinajstić information content (AvgIpc) is 2.92. The van der Waals surface area contributed by atoms with Crippen LogP contribution in [0.4, 0.5) is 5.69 Å². The Morgan fingerprint density at radius 3 is 2.71 bits per heavy atom. The van der Waals surface area contributed by atoms with Crippen molar-refractivity contribution in [3.05, 3.63) is 23.3 Å². The Morgan fingerprint density at radius 1 is 1.29 bits per heavy atom. The summed E-state index contributed by atoms with van der Waals surface area (Å²) < 4.78 is 5.47. The smallest absolute Gasteiger partial charge is 0.227 e. The molecular weight excluding hydrogens is 266 g/mol. The van der Waals surface area contributed by atoms with Crippen LogP contribution in [0.1, 0.15) is 48.5 Å². The van der Waals surface area contributed by atoms with Gasteiger partial charge in [0.25, 0.3) is 0 Å². The predicted octanol–water partition coefficient (Wildman–Crippen LogP) is 2.98. The topological polar surface area (TPSA) is 46.6 Å². The molecule has 1 aromatic rings. The van der Waals surface area contributed by atoms with Gasteiger partial charge in [-0.25, -0.2) is 0 Å². The van der Waals surface area contributed by atoms with Gasteiger partial charge in [-0.1, -0.05) is 6.92 Å². The van der Waals surface area contributed by atoms with Gasteiger partial charge >= 0.3 is 0 Å². The molecule has 3 rings (SSSR count). The van der Waals surface area contributed by atoms with E-state index in [4.69, 9.17) is 4.74 Å². The van der Waals surface area contributed by atoms with Crippen molar-refractivity contribution in [2.75, 3.05) is 12.0 Å². The lowest BCUT2D eigenvalue weighted by atomic mass is 9.94.